The van der Waals surface area contributed by atoms with Gasteiger partial charge in [0.2, 0.25) is 0 Å². The SMILES string of the molecule is CC(C)NC(=O)C[NH+](C)CN1C(=O)C(=O)c2cc(Cl)ccc21. The van der Waals surface area contributed by atoms with Gasteiger partial charge in [-0.3, -0.25) is 19.3 Å². The number of anilines is 1. The lowest BCUT2D eigenvalue weighted by Crippen LogP contribution is -3.12. The van der Waals surface area contributed by atoms with Crippen LogP contribution in [0.15, 0.2) is 18.2 Å². The summed E-state index contributed by atoms with van der Waals surface area (Å²) in [5.41, 5.74) is 0.861. The van der Waals surface area contributed by atoms with E-state index < -0.39 is 11.7 Å². The minimum Gasteiger partial charge on any atom is -0.349 e. The third-order valence-electron chi connectivity index (χ3n) is 3.27. The molecule has 1 heterocycles. The number of ketones is 1. The molecule has 0 bridgehead atoms. The molecule has 0 saturated carbocycles. The number of benzene rings is 1. The summed E-state index contributed by atoms with van der Waals surface area (Å²) in [5, 5.41) is 3.21. The van der Waals surface area contributed by atoms with E-state index >= 15 is 0 Å². The number of hydrogen-bond donors (Lipinski definition) is 2. The van der Waals surface area contributed by atoms with Crippen LogP contribution in [0.25, 0.3) is 0 Å². The van der Waals surface area contributed by atoms with Gasteiger partial charge in [-0.05, 0) is 32.0 Å². The maximum absolute atomic E-state index is 12.1. The molecule has 1 aliphatic rings. The van der Waals surface area contributed by atoms with Gasteiger partial charge in [0, 0.05) is 11.1 Å². The summed E-state index contributed by atoms with van der Waals surface area (Å²) < 4.78 is 0. The van der Waals surface area contributed by atoms with Gasteiger partial charge in [-0.25, -0.2) is 0 Å². The van der Waals surface area contributed by atoms with E-state index in [1.54, 1.807) is 19.2 Å². The molecule has 1 aromatic rings. The average molecular weight is 325 g/mol. The first-order valence-corrected chi connectivity index (χ1v) is 7.43. The minimum absolute atomic E-state index is 0.0677. The monoisotopic (exact) mass is 324 g/mol. The second-order valence-corrected chi connectivity index (χ2v) is 6.17. The van der Waals surface area contributed by atoms with E-state index in [9.17, 15) is 14.4 Å². The van der Waals surface area contributed by atoms with Crippen molar-refractivity contribution in [1.29, 1.82) is 0 Å². The Morgan fingerprint density at radius 1 is 1.36 bits per heavy atom. The molecule has 2 N–H and O–H groups in total. The van der Waals surface area contributed by atoms with Gasteiger partial charge < -0.3 is 10.2 Å². The van der Waals surface area contributed by atoms with Crippen LogP contribution in [0.4, 0.5) is 5.69 Å². The van der Waals surface area contributed by atoms with Crippen molar-refractivity contribution in [2.45, 2.75) is 19.9 Å². The third-order valence-corrected chi connectivity index (χ3v) is 3.51. The van der Waals surface area contributed by atoms with Gasteiger partial charge in [0.05, 0.1) is 18.3 Å². The molecule has 1 unspecified atom stereocenters. The molecule has 0 aromatic heterocycles. The molecular formula is C15H19ClN3O3+. The van der Waals surface area contributed by atoms with Crippen molar-refractivity contribution < 1.29 is 19.3 Å². The largest absolute Gasteiger partial charge is 0.349 e. The number of hydrogen-bond acceptors (Lipinski definition) is 3. The predicted octanol–water partition coefficient (Wildman–Crippen LogP) is -0.134. The van der Waals surface area contributed by atoms with Crippen LogP contribution in [0.3, 0.4) is 0 Å². The Morgan fingerprint density at radius 3 is 2.68 bits per heavy atom. The quantitative estimate of drug-likeness (QED) is 0.741. The van der Waals surface area contributed by atoms with Crippen molar-refractivity contribution in [3.8, 4) is 0 Å². The first kappa shape index (κ1) is 16.5. The topological polar surface area (TPSA) is 70.9 Å². The van der Waals surface area contributed by atoms with E-state index in [0.29, 0.717) is 16.3 Å². The molecule has 0 radical (unpaired) electrons. The molecule has 0 fully saturated rings. The van der Waals surface area contributed by atoms with Crippen LogP contribution in [0, 0.1) is 0 Å². The van der Waals surface area contributed by atoms with Crippen LogP contribution in [0.2, 0.25) is 5.02 Å². The number of halogens is 1. The Kier molecular flexibility index (Phi) is 4.83. The zero-order valence-electron chi connectivity index (χ0n) is 12.8. The molecule has 0 aliphatic carbocycles. The maximum atomic E-state index is 12.1. The summed E-state index contributed by atoms with van der Waals surface area (Å²) in [6.07, 6.45) is 0. The molecular weight excluding hydrogens is 306 g/mol. The first-order valence-electron chi connectivity index (χ1n) is 7.06. The van der Waals surface area contributed by atoms with Gasteiger partial charge in [-0.15, -0.1) is 0 Å². The van der Waals surface area contributed by atoms with Gasteiger partial charge in [0.25, 0.3) is 11.7 Å². The Labute approximate surface area is 134 Å². The lowest BCUT2D eigenvalue weighted by molar-refractivity contribution is -0.869. The summed E-state index contributed by atoms with van der Waals surface area (Å²) >= 11 is 5.87. The number of quaternary nitrogens is 1. The van der Waals surface area contributed by atoms with Gasteiger partial charge in [0.15, 0.2) is 13.2 Å². The van der Waals surface area contributed by atoms with Crippen LogP contribution in [-0.2, 0) is 9.59 Å². The second kappa shape index (κ2) is 6.46. The number of carbonyl (C=O) groups excluding carboxylic acids is 3. The van der Waals surface area contributed by atoms with E-state index in [1.165, 1.54) is 11.0 Å². The number of nitrogens with zero attached hydrogens (tertiary/aromatic N) is 1. The molecule has 2 rings (SSSR count). The molecule has 1 atom stereocenters. The Balaban J connectivity index is 2.09. The van der Waals surface area contributed by atoms with E-state index in [1.807, 2.05) is 13.8 Å². The second-order valence-electron chi connectivity index (χ2n) is 5.74. The fourth-order valence-corrected chi connectivity index (χ4v) is 2.57. The molecule has 1 aliphatic heterocycles. The summed E-state index contributed by atoms with van der Waals surface area (Å²) in [6.45, 7) is 4.23. The lowest BCUT2D eigenvalue weighted by Gasteiger charge is -2.21. The van der Waals surface area contributed by atoms with E-state index in [4.69, 9.17) is 11.6 Å². The molecule has 0 spiro atoms. The smallest absolute Gasteiger partial charge is 0.303 e. The Hall–Kier alpha value is -1.92. The fraction of sp³-hybridized carbons (Fsp3) is 0.400. The number of likely N-dealkylation sites (N-methyl/N-ethyl adjacent to an activating group) is 1. The van der Waals surface area contributed by atoms with Gasteiger partial charge >= 0.3 is 5.91 Å². The number of Topliss-reactive ketones (excluding diaryl/α,β-unsaturated/α-hetero) is 1. The number of fused-ring (bicyclic) bond motifs is 1. The van der Waals surface area contributed by atoms with E-state index in [0.717, 1.165) is 4.90 Å². The maximum Gasteiger partial charge on any atom is 0.303 e. The minimum atomic E-state index is -0.583. The highest BCUT2D eigenvalue weighted by Gasteiger charge is 2.37. The highest BCUT2D eigenvalue weighted by molar-refractivity contribution is 6.52. The molecule has 7 heteroatoms. The number of rotatable bonds is 5. The molecule has 2 amide bonds. The van der Waals surface area contributed by atoms with Crippen LogP contribution in [0.1, 0.15) is 24.2 Å². The van der Waals surface area contributed by atoms with Gasteiger partial charge in [-0.1, -0.05) is 11.6 Å². The van der Waals surface area contributed by atoms with Crippen molar-refractivity contribution in [3.05, 3.63) is 28.8 Å². The van der Waals surface area contributed by atoms with Crippen molar-refractivity contribution in [1.82, 2.24) is 5.32 Å². The summed E-state index contributed by atoms with van der Waals surface area (Å²) in [6, 6.07) is 4.86. The fourth-order valence-electron chi connectivity index (χ4n) is 2.40. The van der Waals surface area contributed by atoms with E-state index in [2.05, 4.69) is 5.32 Å². The Morgan fingerprint density at radius 2 is 2.05 bits per heavy atom. The molecule has 1 aromatic carbocycles. The third kappa shape index (κ3) is 3.45. The van der Waals surface area contributed by atoms with Gasteiger partial charge in [-0.2, -0.15) is 0 Å². The number of amides is 2. The van der Waals surface area contributed by atoms with E-state index in [-0.39, 0.29) is 25.2 Å². The number of carbonyl (C=O) groups is 3. The summed E-state index contributed by atoms with van der Waals surface area (Å²) in [5.74, 6) is -1.24. The first-order chi connectivity index (χ1) is 10.3. The van der Waals surface area contributed by atoms with Crippen molar-refractivity contribution in [2.24, 2.45) is 0 Å². The zero-order valence-corrected chi connectivity index (χ0v) is 13.5. The standard InChI is InChI=1S/C15H18ClN3O3/c1-9(2)17-13(20)7-18(3)8-19-12-5-4-10(16)6-11(12)14(21)15(19)22/h4-6,9H,7-8H2,1-3H3,(H,17,20)/p+1. The molecule has 0 saturated heterocycles. The average Bonchev–Trinajstić information content (AvgIpc) is 2.62. The number of nitrogens with one attached hydrogen (secondary N) is 2. The van der Waals surface area contributed by atoms with Crippen molar-refractivity contribution in [3.63, 3.8) is 0 Å². The van der Waals surface area contributed by atoms with Crippen LogP contribution in [0.5, 0.6) is 0 Å². The molecule has 6 nitrogen and oxygen atoms in total. The Bertz CT molecular complexity index is 630. The van der Waals surface area contributed by atoms with Crippen LogP contribution < -0.4 is 15.1 Å². The normalized spacial score (nSPS) is 15.2. The predicted molar refractivity (Wildman–Crippen MR) is 83.2 cm³/mol. The van der Waals surface area contributed by atoms with Crippen molar-refractivity contribution >= 4 is 34.9 Å². The van der Waals surface area contributed by atoms with Crippen molar-refractivity contribution in [2.75, 3.05) is 25.2 Å². The zero-order chi connectivity index (χ0) is 16.4. The highest BCUT2D eigenvalue weighted by Crippen LogP contribution is 2.30. The molecule has 118 valence electrons. The summed E-state index contributed by atoms with van der Waals surface area (Å²) in [7, 11) is 1.80. The van der Waals surface area contributed by atoms with Gasteiger partial charge in [0.1, 0.15) is 0 Å². The summed E-state index contributed by atoms with van der Waals surface area (Å²) in [4.78, 5) is 38.0. The molecule has 22 heavy (non-hydrogen) atoms. The highest BCUT2D eigenvalue weighted by atomic mass is 35.5. The lowest BCUT2D eigenvalue weighted by atomic mass is 10.1. The van der Waals surface area contributed by atoms with Crippen LogP contribution in [-0.4, -0.2) is 43.9 Å². The van der Waals surface area contributed by atoms with Crippen LogP contribution >= 0.6 is 11.6 Å².